The van der Waals surface area contributed by atoms with Crippen LogP contribution in [0.3, 0.4) is 0 Å². The number of amides is 9. The average Bonchev–Trinajstić information content (AvgIpc) is 4.10. The molecule has 456 valence electrons. The maximum atomic E-state index is 14.8. The van der Waals surface area contributed by atoms with E-state index >= 15 is 0 Å². The molecule has 2 aromatic rings. The number of rotatable bonds is 33. The van der Waals surface area contributed by atoms with Crippen LogP contribution in [0.4, 0.5) is 0 Å². The zero-order valence-corrected chi connectivity index (χ0v) is 51.2. The molecular formula is C62H97N9O11. The fourth-order valence-corrected chi connectivity index (χ4v) is 11.6. The van der Waals surface area contributed by atoms with Gasteiger partial charge < -0.3 is 34.8 Å². The number of ether oxygens (including phenoxy) is 2. The maximum absolute atomic E-state index is 14.8. The third-order valence-corrected chi connectivity index (χ3v) is 16.4. The number of nitrogens with one attached hydrogen (secondary N) is 4. The van der Waals surface area contributed by atoms with Crippen molar-refractivity contribution in [1.82, 2.24) is 46.0 Å². The highest BCUT2D eigenvalue weighted by Crippen LogP contribution is 2.30. The Hall–Kier alpha value is -6.25. The lowest BCUT2D eigenvalue weighted by Crippen LogP contribution is -2.60. The molecule has 4 N–H and O–H groups in total. The SMILES string of the molecule is CC[C@H](C)[C@@H]([C@@H](CC(=O)N1CCC[C@H]1[C@H](OC)[C@@H](C)C(=O)N[C@@H](Cc1ccccc1)C(=O)N(C)Cc1ccccc1)OC)N(C)C(=O)[C@@H](NC(=O)[C@H](C(C)C)N(C)CCCC(=O)NNC(=O)CCCCCN1C(=O)CC(C)C1=O)C(C)C. The van der Waals surface area contributed by atoms with Gasteiger partial charge in [0.15, 0.2) is 0 Å². The van der Waals surface area contributed by atoms with Gasteiger partial charge in [0.25, 0.3) is 0 Å². The van der Waals surface area contributed by atoms with Gasteiger partial charge in [-0.2, -0.15) is 0 Å². The molecule has 0 radical (unpaired) electrons. The highest BCUT2D eigenvalue weighted by atomic mass is 16.5. The molecule has 2 aliphatic heterocycles. The van der Waals surface area contributed by atoms with E-state index in [1.807, 2.05) is 107 Å². The molecule has 10 atom stereocenters. The predicted molar refractivity (Wildman–Crippen MR) is 314 cm³/mol. The Morgan fingerprint density at radius 2 is 1.34 bits per heavy atom. The topological polar surface area (TPSA) is 236 Å². The highest BCUT2D eigenvalue weighted by Gasteiger charge is 2.44. The van der Waals surface area contributed by atoms with E-state index in [2.05, 4.69) is 21.5 Å². The molecule has 2 fully saturated rings. The van der Waals surface area contributed by atoms with Crippen molar-refractivity contribution in [3.63, 3.8) is 0 Å². The Kier molecular flexibility index (Phi) is 28.1. The van der Waals surface area contributed by atoms with E-state index in [0.29, 0.717) is 71.1 Å². The Balaban J connectivity index is 1.35. The summed E-state index contributed by atoms with van der Waals surface area (Å²) in [6, 6.07) is 15.7. The summed E-state index contributed by atoms with van der Waals surface area (Å²) in [7, 11) is 8.28. The second-order valence-corrected chi connectivity index (χ2v) is 23.4. The minimum absolute atomic E-state index is 0.0599. The monoisotopic (exact) mass is 1140 g/mol. The number of carbonyl (C=O) groups excluding carboxylic acids is 9. The van der Waals surface area contributed by atoms with Crippen LogP contribution >= 0.6 is 0 Å². The number of hydrogen-bond acceptors (Lipinski definition) is 12. The number of unbranched alkanes of at least 4 members (excludes halogenated alkanes) is 2. The first-order valence-corrected chi connectivity index (χ1v) is 29.6. The van der Waals surface area contributed by atoms with Crippen molar-refractivity contribution in [2.45, 2.75) is 181 Å². The summed E-state index contributed by atoms with van der Waals surface area (Å²) in [4.78, 5) is 129. The molecular weight excluding hydrogens is 1050 g/mol. The number of methoxy groups -OCH3 is 2. The zero-order chi connectivity index (χ0) is 60.8. The second-order valence-electron chi connectivity index (χ2n) is 23.4. The van der Waals surface area contributed by atoms with Crippen molar-refractivity contribution in [2.24, 2.45) is 29.6 Å². The van der Waals surface area contributed by atoms with Crippen LogP contribution in [0.15, 0.2) is 60.7 Å². The van der Waals surface area contributed by atoms with Crippen LogP contribution in [0, 0.1) is 29.6 Å². The molecule has 20 heteroatoms. The summed E-state index contributed by atoms with van der Waals surface area (Å²) in [5.41, 5.74) is 6.76. The van der Waals surface area contributed by atoms with Crippen molar-refractivity contribution in [1.29, 1.82) is 0 Å². The van der Waals surface area contributed by atoms with E-state index in [9.17, 15) is 43.2 Å². The van der Waals surface area contributed by atoms with Crippen molar-refractivity contribution >= 4 is 53.2 Å². The number of hydrogen-bond donors (Lipinski definition) is 4. The Bertz CT molecular complexity index is 2410. The fraction of sp³-hybridized carbons (Fsp3) is 0.661. The van der Waals surface area contributed by atoms with Gasteiger partial charge in [-0.15, -0.1) is 0 Å². The molecule has 2 aromatic carbocycles. The quantitative estimate of drug-likeness (QED) is 0.0407. The lowest BCUT2D eigenvalue weighted by Gasteiger charge is -2.41. The Morgan fingerprint density at radius 1 is 0.732 bits per heavy atom. The summed E-state index contributed by atoms with van der Waals surface area (Å²) < 4.78 is 12.2. The molecule has 20 nitrogen and oxygen atoms in total. The molecule has 0 saturated carbocycles. The first-order valence-electron chi connectivity index (χ1n) is 29.6. The minimum atomic E-state index is -0.923. The van der Waals surface area contributed by atoms with Gasteiger partial charge in [0.05, 0.1) is 42.7 Å². The summed E-state index contributed by atoms with van der Waals surface area (Å²) in [5, 5.41) is 6.12. The number of imide groups is 1. The van der Waals surface area contributed by atoms with Gasteiger partial charge in [-0.1, -0.05) is 129 Å². The lowest BCUT2D eigenvalue weighted by molar-refractivity contribution is -0.148. The third kappa shape index (κ3) is 19.7. The van der Waals surface area contributed by atoms with Gasteiger partial charge in [0.2, 0.25) is 53.2 Å². The van der Waals surface area contributed by atoms with E-state index in [1.165, 1.54) is 19.1 Å². The van der Waals surface area contributed by atoms with Crippen LogP contribution < -0.4 is 21.5 Å². The number of likely N-dealkylation sites (N-methyl/N-ethyl adjacent to an activating group) is 3. The van der Waals surface area contributed by atoms with E-state index in [4.69, 9.17) is 9.47 Å². The normalized spacial score (nSPS) is 18.3. The maximum Gasteiger partial charge on any atom is 0.245 e. The molecule has 1 unspecified atom stereocenters. The molecule has 0 bridgehead atoms. The summed E-state index contributed by atoms with van der Waals surface area (Å²) in [6.07, 6.45) is 3.37. The lowest BCUT2D eigenvalue weighted by atomic mass is 9.89. The first kappa shape index (κ1) is 68.3. The zero-order valence-electron chi connectivity index (χ0n) is 51.2. The molecule has 9 amide bonds. The van der Waals surface area contributed by atoms with Crippen molar-refractivity contribution in [3.05, 3.63) is 71.8 Å². The van der Waals surface area contributed by atoms with Crippen LogP contribution in [0.2, 0.25) is 0 Å². The van der Waals surface area contributed by atoms with Crippen LogP contribution in [0.1, 0.15) is 137 Å². The second kappa shape index (κ2) is 33.8. The number of carbonyl (C=O) groups is 9. The number of likely N-dealkylation sites (tertiary alicyclic amines) is 2. The van der Waals surface area contributed by atoms with E-state index in [-0.39, 0.29) is 109 Å². The van der Waals surface area contributed by atoms with Gasteiger partial charge in [-0.25, -0.2) is 0 Å². The molecule has 2 heterocycles. The number of benzene rings is 2. The number of hydrazine groups is 1. The first-order chi connectivity index (χ1) is 38.9. The largest absolute Gasteiger partial charge is 0.379 e. The third-order valence-electron chi connectivity index (χ3n) is 16.4. The van der Waals surface area contributed by atoms with E-state index in [0.717, 1.165) is 11.1 Å². The van der Waals surface area contributed by atoms with Gasteiger partial charge in [-0.3, -0.25) is 63.8 Å². The highest BCUT2D eigenvalue weighted by molar-refractivity contribution is 6.03. The van der Waals surface area contributed by atoms with Crippen LogP contribution in [0.25, 0.3) is 0 Å². The smallest absolute Gasteiger partial charge is 0.245 e. The molecule has 82 heavy (non-hydrogen) atoms. The molecule has 2 saturated heterocycles. The summed E-state index contributed by atoms with van der Waals surface area (Å²) in [6.45, 7) is 16.6. The Labute approximate surface area is 487 Å². The molecule has 0 aromatic heterocycles. The van der Waals surface area contributed by atoms with Gasteiger partial charge >= 0.3 is 0 Å². The molecule has 0 aliphatic carbocycles. The van der Waals surface area contributed by atoms with Crippen LogP contribution in [0.5, 0.6) is 0 Å². The Morgan fingerprint density at radius 3 is 1.89 bits per heavy atom. The molecule has 2 aliphatic rings. The van der Waals surface area contributed by atoms with Crippen LogP contribution in [-0.4, -0.2) is 175 Å². The average molecular weight is 1140 g/mol. The van der Waals surface area contributed by atoms with E-state index in [1.54, 1.807) is 49.7 Å². The van der Waals surface area contributed by atoms with Gasteiger partial charge in [0.1, 0.15) is 12.1 Å². The van der Waals surface area contributed by atoms with Crippen LogP contribution in [-0.2, 0) is 65.6 Å². The van der Waals surface area contributed by atoms with Crippen molar-refractivity contribution in [2.75, 3.05) is 55.0 Å². The minimum Gasteiger partial charge on any atom is -0.379 e. The van der Waals surface area contributed by atoms with Gasteiger partial charge in [0, 0.05) is 79.6 Å². The summed E-state index contributed by atoms with van der Waals surface area (Å²) >= 11 is 0. The summed E-state index contributed by atoms with van der Waals surface area (Å²) in [5.74, 6) is -4.17. The number of nitrogens with zero attached hydrogens (tertiary/aromatic N) is 5. The van der Waals surface area contributed by atoms with Crippen molar-refractivity contribution in [3.8, 4) is 0 Å². The standard InChI is InChI=1S/C62H97N9O11/c1-14-42(6)56(69(11)62(80)54(40(2)3)64-59(77)55(41(4)5)67(9)33-25-32-51(73)66-65-50(72)31-22-17-23-34-71-52(74)36-43(7)60(71)78)49(81-12)38-53(75)70-35-24-30-48(70)57(82-13)44(8)58(76)63-47(37-45-26-18-15-19-27-45)61(79)68(10)39-46-28-20-16-21-29-46/h15-16,18-21,26-29,40-44,47-49,54-57H,14,17,22-25,30-39H2,1-13H3,(H,63,76)(H,64,77)(H,65,72)(H,66,73)/t42-,43?,44+,47-,48-,49+,54-,55-,56-,57+/m0/s1. The van der Waals surface area contributed by atoms with Crippen molar-refractivity contribution < 1.29 is 52.6 Å². The van der Waals surface area contributed by atoms with E-state index < -0.39 is 48.3 Å². The fourth-order valence-electron chi connectivity index (χ4n) is 11.6. The molecule has 4 rings (SSSR count). The predicted octanol–water partition coefficient (Wildman–Crippen LogP) is 5.27. The van der Waals surface area contributed by atoms with Gasteiger partial charge in [-0.05, 0) is 74.6 Å². The molecule has 0 spiro atoms.